The zero-order valence-corrected chi connectivity index (χ0v) is 10.3. The van der Waals surface area contributed by atoms with E-state index >= 15 is 0 Å². The first-order valence-electron chi connectivity index (χ1n) is 4.88. The van der Waals surface area contributed by atoms with E-state index in [1.54, 1.807) is 18.2 Å². The molecule has 2 rings (SSSR count). The van der Waals surface area contributed by atoms with Crippen LogP contribution in [0.1, 0.15) is 10.4 Å². The van der Waals surface area contributed by atoms with Crippen LogP contribution in [0.15, 0.2) is 18.2 Å². The summed E-state index contributed by atoms with van der Waals surface area (Å²) in [6.45, 7) is -0.259. The first kappa shape index (κ1) is 11.9. The Morgan fingerprint density at radius 2 is 2.35 bits per heavy atom. The van der Waals surface area contributed by atoms with Crippen molar-refractivity contribution >= 4 is 27.7 Å². The van der Waals surface area contributed by atoms with Gasteiger partial charge in [0.25, 0.3) is 0 Å². The van der Waals surface area contributed by atoms with Gasteiger partial charge in [-0.3, -0.25) is 4.79 Å². The zero-order valence-electron chi connectivity index (χ0n) is 8.68. The van der Waals surface area contributed by atoms with E-state index in [2.05, 4.69) is 15.9 Å². The summed E-state index contributed by atoms with van der Waals surface area (Å²) in [5.41, 5.74) is 0.404. The van der Waals surface area contributed by atoms with E-state index in [0.717, 1.165) is 0 Å². The molecule has 1 N–H and O–H groups in total. The van der Waals surface area contributed by atoms with E-state index in [0.29, 0.717) is 11.3 Å². The Morgan fingerprint density at radius 3 is 3.06 bits per heavy atom. The lowest BCUT2D eigenvalue weighted by molar-refractivity contribution is -0.139. The number of ether oxygens (including phenoxy) is 2. The van der Waals surface area contributed by atoms with Crippen LogP contribution in [0.5, 0.6) is 11.5 Å². The number of benzene rings is 1. The lowest BCUT2D eigenvalue weighted by atomic mass is 10.0. The SMILES string of the molecule is O=C(O)COc1cccc2c1OCC(Br)C2=O. The van der Waals surface area contributed by atoms with Crippen LogP contribution in [-0.4, -0.2) is 34.9 Å². The molecule has 0 spiro atoms. The number of carboxylic acid groups (broad SMARTS) is 1. The number of rotatable bonds is 3. The molecule has 90 valence electrons. The van der Waals surface area contributed by atoms with Gasteiger partial charge in [0.1, 0.15) is 11.4 Å². The molecule has 1 aromatic rings. The van der Waals surface area contributed by atoms with Crippen LogP contribution in [0.25, 0.3) is 0 Å². The molecule has 1 aliphatic heterocycles. The second kappa shape index (κ2) is 4.75. The molecule has 1 aromatic carbocycles. The summed E-state index contributed by atoms with van der Waals surface area (Å²) in [5, 5.41) is 8.53. The first-order chi connectivity index (χ1) is 8.09. The summed E-state index contributed by atoms with van der Waals surface area (Å²) < 4.78 is 10.4. The molecule has 0 amide bonds. The molecule has 1 heterocycles. The molecule has 0 aliphatic carbocycles. The number of carbonyl (C=O) groups is 2. The fourth-order valence-corrected chi connectivity index (χ4v) is 1.89. The Labute approximate surface area is 105 Å². The third kappa shape index (κ3) is 2.41. The highest BCUT2D eigenvalue weighted by Gasteiger charge is 2.29. The molecule has 0 saturated heterocycles. The quantitative estimate of drug-likeness (QED) is 0.856. The number of alkyl halides is 1. The van der Waals surface area contributed by atoms with Gasteiger partial charge in [-0.15, -0.1) is 0 Å². The summed E-state index contributed by atoms with van der Waals surface area (Å²) in [7, 11) is 0. The van der Waals surface area contributed by atoms with E-state index in [9.17, 15) is 9.59 Å². The van der Waals surface area contributed by atoms with Gasteiger partial charge in [0, 0.05) is 0 Å². The van der Waals surface area contributed by atoms with Crippen molar-refractivity contribution in [2.45, 2.75) is 4.83 Å². The molecule has 0 radical (unpaired) electrons. The van der Waals surface area contributed by atoms with Crippen molar-refractivity contribution in [2.75, 3.05) is 13.2 Å². The Morgan fingerprint density at radius 1 is 1.59 bits per heavy atom. The molecule has 0 fully saturated rings. The van der Waals surface area contributed by atoms with Gasteiger partial charge in [-0.05, 0) is 12.1 Å². The van der Waals surface area contributed by atoms with Crippen molar-refractivity contribution in [1.29, 1.82) is 0 Å². The average Bonchev–Trinajstić information content (AvgIpc) is 2.31. The summed E-state index contributed by atoms with van der Waals surface area (Å²) in [6.07, 6.45) is 0. The molecule has 6 heteroatoms. The topological polar surface area (TPSA) is 72.8 Å². The maximum absolute atomic E-state index is 11.8. The minimum atomic E-state index is -1.08. The van der Waals surface area contributed by atoms with Gasteiger partial charge < -0.3 is 14.6 Å². The monoisotopic (exact) mass is 300 g/mol. The minimum absolute atomic E-state index is 0.0907. The number of hydrogen-bond acceptors (Lipinski definition) is 4. The number of carbonyl (C=O) groups excluding carboxylic acids is 1. The second-order valence-corrected chi connectivity index (χ2v) is 4.56. The fourth-order valence-electron chi connectivity index (χ4n) is 1.51. The van der Waals surface area contributed by atoms with Crippen molar-refractivity contribution in [3.8, 4) is 11.5 Å². The van der Waals surface area contributed by atoms with Crippen LogP contribution in [0, 0.1) is 0 Å². The molecule has 17 heavy (non-hydrogen) atoms. The van der Waals surface area contributed by atoms with Gasteiger partial charge in [-0.1, -0.05) is 22.0 Å². The van der Waals surface area contributed by atoms with E-state index in [-0.39, 0.29) is 23.0 Å². The summed E-state index contributed by atoms with van der Waals surface area (Å²) in [4.78, 5) is 21.9. The number of ketones is 1. The van der Waals surface area contributed by atoms with Crippen molar-refractivity contribution < 1.29 is 24.2 Å². The molecular formula is C11H9BrO5. The maximum atomic E-state index is 11.8. The Balaban J connectivity index is 2.30. The van der Waals surface area contributed by atoms with E-state index in [4.69, 9.17) is 14.6 Å². The van der Waals surface area contributed by atoms with E-state index < -0.39 is 12.6 Å². The molecule has 1 atom stereocenters. The van der Waals surface area contributed by atoms with Crippen molar-refractivity contribution in [2.24, 2.45) is 0 Å². The van der Waals surface area contributed by atoms with Crippen LogP contribution >= 0.6 is 15.9 Å². The van der Waals surface area contributed by atoms with Gasteiger partial charge in [0.05, 0.1) is 5.56 Å². The van der Waals surface area contributed by atoms with Crippen molar-refractivity contribution in [3.63, 3.8) is 0 Å². The average molecular weight is 301 g/mol. The van der Waals surface area contributed by atoms with Crippen LogP contribution in [0.2, 0.25) is 0 Å². The lowest BCUT2D eigenvalue weighted by Crippen LogP contribution is -2.28. The summed E-state index contributed by atoms with van der Waals surface area (Å²) in [5.74, 6) is -0.581. The number of fused-ring (bicyclic) bond motifs is 1. The predicted octanol–water partition coefficient (Wildman–Crippen LogP) is 1.49. The molecule has 0 aromatic heterocycles. The van der Waals surface area contributed by atoms with E-state index in [1.807, 2.05) is 0 Å². The zero-order chi connectivity index (χ0) is 12.4. The molecular weight excluding hydrogens is 292 g/mol. The van der Waals surface area contributed by atoms with Crippen LogP contribution in [0.3, 0.4) is 0 Å². The minimum Gasteiger partial charge on any atom is -0.487 e. The number of halogens is 1. The predicted molar refractivity (Wildman–Crippen MR) is 62.1 cm³/mol. The first-order valence-corrected chi connectivity index (χ1v) is 5.80. The lowest BCUT2D eigenvalue weighted by Gasteiger charge is -2.22. The van der Waals surface area contributed by atoms with Gasteiger partial charge in [-0.2, -0.15) is 0 Å². The summed E-state index contributed by atoms with van der Waals surface area (Å²) >= 11 is 3.20. The third-order valence-corrected chi connectivity index (χ3v) is 2.93. The Bertz CT molecular complexity index is 471. The normalized spacial score (nSPS) is 18.2. The second-order valence-electron chi connectivity index (χ2n) is 3.46. The molecule has 1 aliphatic rings. The van der Waals surface area contributed by atoms with Gasteiger partial charge in [0.2, 0.25) is 0 Å². The van der Waals surface area contributed by atoms with Crippen molar-refractivity contribution in [3.05, 3.63) is 23.8 Å². The Kier molecular flexibility index (Phi) is 3.33. The van der Waals surface area contributed by atoms with E-state index in [1.165, 1.54) is 0 Å². The largest absolute Gasteiger partial charge is 0.487 e. The fraction of sp³-hybridized carbons (Fsp3) is 0.273. The van der Waals surface area contributed by atoms with Crippen molar-refractivity contribution in [1.82, 2.24) is 0 Å². The summed E-state index contributed by atoms with van der Waals surface area (Å²) in [6, 6.07) is 4.82. The maximum Gasteiger partial charge on any atom is 0.341 e. The van der Waals surface area contributed by atoms with Crippen LogP contribution in [0.4, 0.5) is 0 Å². The highest BCUT2D eigenvalue weighted by Crippen LogP contribution is 2.36. The Hall–Kier alpha value is -1.56. The van der Waals surface area contributed by atoms with Crippen LogP contribution < -0.4 is 9.47 Å². The highest BCUT2D eigenvalue weighted by molar-refractivity contribution is 9.10. The number of para-hydroxylation sites is 1. The smallest absolute Gasteiger partial charge is 0.341 e. The highest BCUT2D eigenvalue weighted by atomic mass is 79.9. The number of aliphatic carboxylic acids is 1. The van der Waals surface area contributed by atoms with Crippen LogP contribution in [-0.2, 0) is 4.79 Å². The molecule has 0 bridgehead atoms. The standard InChI is InChI=1S/C11H9BrO5/c12-7-4-17-11-6(10(7)15)2-1-3-8(11)16-5-9(13)14/h1-3,7H,4-5H2,(H,13,14). The number of Topliss-reactive ketones (excluding diaryl/α,β-unsaturated/α-hetero) is 1. The molecule has 0 saturated carbocycles. The number of hydrogen-bond donors (Lipinski definition) is 1. The van der Waals surface area contributed by atoms with Gasteiger partial charge >= 0.3 is 5.97 Å². The van der Waals surface area contributed by atoms with Gasteiger partial charge in [0.15, 0.2) is 23.9 Å². The van der Waals surface area contributed by atoms with Gasteiger partial charge in [-0.25, -0.2) is 4.79 Å². The molecule has 1 unspecified atom stereocenters. The third-order valence-electron chi connectivity index (χ3n) is 2.25. The number of carboxylic acids is 1. The molecule has 5 nitrogen and oxygen atoms in total.